The van der Waals surface area contributed by atoms with Crippen LogP contribution >= 0.6 is 23.6 Å². The lowest BCUT2D eigenvalue weighted by atomic mass is 10.2. The molecule has 1 radical (unpaired) electrons. The molecule has 1 aromatic carbocycles. The minimum Gasteiger partial charge on any atom is -0.0622 e. The molecule has 3 heteroatoms. The van der Waals surface area contributed by atoms with Gasteiger partial charge >= 0.3 is 0 Å². The molecular formula is C7H7Cl2N+. The van der Waals surface area contributed by atoms with E-state index in [-0.39, 0.29) is 0 Å². The van der Waals surface area contributed by atoms with Crippen molar-refractivity contribution in [1.82, 2.24) is 3.94 Å². The van der Waals surface area contributed by atoms with Gasteiger partial charge in [0, 0.05) is 5.56 Å². The average Bonchev–Trinajstić information content (AvgIpc) is 1.88. The Hall–Kier alpha value is -0.240. The second-order valence-corrected chi connectivity index (χ2v) is 2.94. The van der Waals surface area contributed by atoms with Crippen LogP contribution in [0.5, 0.6) is 0 Å². The molecule has 0 fully saturated rings. The van der Waals surface area contributed by atoms with Crippen LogP contribution in [0, 0.1) is 0 Å². The number of nitrogens with zero attached hydrogens (tertiary/aromatic N) is 1. The molecule has 0 aliphatic heterocycles. The van der Waals surface area contributed by atoms with E-state index in [2.05, 4.69) is 0 Å². The van der Waals surface area contributed by atoms with Crippen molar-refractivity contribution in [2.45, 2.75) is 6.54 Å². The van der Waals surface area contributed by atoms with Crippen LogP contribution in [0.3, 0.4) is 0 Å². The monoisotopic (exact) mass is 175 g/mol. The van der Waals surface area contributed by atoms with E-state index < -0.39 is 0 Å². The van der Waals surface area contributed by atoms with Gasteiger partial charge in [-0.3, -0.25) is 0 Å². The zero-order valence-electron chi connectivity index (χ0n) is 5.30. The molecular weight excluding hydrogens is 169 g/mol. The van der Waals surface area contributed by atoms with Gasteiger partial charge in [-0.1, -0.05) is 30.3 Å². The SMILES string of the molecule is Cl[N+](Cl)Cc1ccccc1. The minimum atomic E-state index is 0.559. The highest BCUT2D eigenvalue weighted by atomic mass is 35.5. The van der Waals surface area contributed by atoms with Crippen molar-refractivity contribution in [2.75, 3.05) is 0 Å². The van der Waals surface area contributed by atoms with Crippen LogP contribution in [0.2, 0.25) is 0 Å². The first kappa shape index (κ1) is 7.86. The third-order valence-corrected chi connectivity index (χ3v) is 1.38. The standard InChI is InChI=1S/C7H7Cl2N/c8-10(9)6-7-4-2-1-3-5-7/h1-5H,6H2/q+1. The lowest BCUT2D eigenvalue weighted by Crippen LogP contribution is -2.02. The van der Waals surface area contributed by atoms with Crippen LogP contribution in [-0.2, 0) is 6.54 Å². The second kappa shape index (κ2) is 3.81. The Morgan fingerprint density at radius 2 is 1.70 bits per heavy atom. The highest BCUT2D eigenvalue weighted by Crippen LogP contribution is 2.05. The first-order valence-corrected chi connectivity index (χ1v) is 3.59. The van der Waals surface area contributed by atoms with Gasteiger partial charge in [0.15, 0.2) is 6.54 Å². The summed E-state index contributed by atoms with van der Waals surface area (Å²) in [7, 11) is 0. The summed E-state index contributed by atoms with van der Waals surface area (Å²) in [6.45, 7) is 0.559. The molecule has 0 aliphatic rings. The van der Waals surface area contributed by atoms with Gasteiger partial charge in [-0.2, -0.15) is 0 Å². The number of benzene rings is 1. The van der Waals surface area contributed by atoms with E-state index in [1.807, 2.05) is 30.3 Å². The van der Waals surface area contributed by atoms with Crippen molar-refractivity contribution in [3.63, 3.8) is 0 Å². The van der Waals surface area contributed by atoms with Gasteiger partial charge in [-0.25, -0.2) is 0 Å². The molecule has 1 rings (SSSR count). The fourth-order valence-corrected chi connectivity index (χ4v) is 0.997. The molecule has 53 valence electrons. The number of hydrogen-bond acceptors (Lipinski definition) is 1. The quantitative estimate of drug-likeness (QED) is 0.611. The predicted octanol–water partition coefficient (Wildman–Crippen LogP) is 2.63. The highest BCUT2D eigenvalue weighted by Gasteiger charge is 2.08. The summed E-state index contributed by atoms with van der Waals surface area (Å²) >= 11 is 10.8. The molecule has 0 aromatic heterocycles. The Kier molecular flexibility index (Phi) is 3.00. The second-order valence-electron chi connectivity index (χ2n) is 1.95. The van der Waals surface area contributed by atoms with Crippen molar-refractivity contribution in [2.24, 2.45) is 0 Å². The zero-order valence-corrected chi connectivity index (χ0v) is 6.81. The van der Waals surface area contributed by atoms with Crippen molar-refractivity contribution in [1.29, 1.82) is 0 Å². The number of hydrogen-bond donors (Lipinski definition) is 0. The minimum absolute atomic E-state index is 0.559. The largest absolute Gasteiger partial charge is 0.250 e. The van der Waals surface area contributed by atoms with Gasteiger partial charge in [-0.15, -0.1) is 0 Å². The van der Waals surface area contributed by atoms with Gasteiger partial charge in [0.1, 0.15) is 0 Å². The fourth-order valence-electron chi connectivity index (χ4n) is 0.721. The molecule has 1 aromatic rings. The lowest BCUT2D eigenvalue weighted by Gasteiger charge is -1.91. The average molecular weight is 176 g/mol. The summed E-state index contributed by atoms with van der Waals surface area (Å²) in [6, 6.07) is 9.80. The topological polar surface area (TPSA) is 5.90 Å². The molecule has 0 unspecified atom stereocenters. The third-order valence-electron chi connectivity index (χ3n) is 1.14. The molecule has 0 saturated carbocycles. The molecule has 0 N–H and O–H groups in total. The molecule has 0 aliphatic carbocycles. The van der Waals surface area contributed by atoms with Crippen molar-refractivity contribution in [3.05, 3.63) is 35.9 Å². The maximum absolute atomic E-state index is 5.41. The van der Waals surface area contributed by atoms with Crippen LogP contribution in [0.1, 0.15) is 5.56 Å². The Labute approximate surface area is 70.4 Å². The van der Waals surface area contributed by atoms with E-state index in [9.17, 15) is 0 Å². The van der Waals surface area contributed by atoms with Crippen LogP contribution < -0.4 is 3.94 Å². The summed E-state index contributed by atoms with van der Waals surface area (Å²) in [5.41, 5.74) is 1.10. The normalized spacial score (nSPS) is 10.3. The lowest BCUT2D eigenvalue weighted by molar-refractivity contribution is 0.857. The van der Waals surface area contributed by atoms with Gasteiger partial charge in [0.2, 0.25) is 23.6 Å². The van der Waals surface area contributed by atoms with Gasteiger partial charge < -0.3 is 0 Å². The van der Waals surface area contributed by atoms with Gasteiger partial charge in [0.05, 0.1) is 3.94 Å². The van der Waals surface area contributed by atoms with Crippen LogP contribution in [0.4, 0.5) is 0 Å². The summed E-state index contributed by atoms with van der Waals surface area (Å²) in [5.74, 6) is 0. The first-order chi connectivity index (χ1) is 4.79. The smallest absolute Gasteiger partial charge is 0.0622 e. The summed E-state index contributed by atoms with van der Waals surface area (Å²) in [5, 5.41) is 0. The van der Waals surface area contributed by atoms with Crippen LogP contribution in [0.25, 0.3) is 0 Å². The van der Waals surface area contributed by atoms with E-state index in [1.54, 1.807) is 0 Å². The zero-order chi connectivity index (χ0) is 7.40. The summed E-state index contributed by atoms with van der Waals surface area (Å²) in [4.78, 5) is 0. The Morgan fingerprint density at radius 3 is 2.20 bits per heavy atom. The third kappa shape index (κ3) is 2.56. The van der Waals surface area contributed by atoms with Crippen molar-refractivity contribution < 1.29 is 0 Å². The van der Waals surface area contributed by atoms with E-state index >= 15 is 0 Å². The molecule has 10 heavy (non-hydrogen) atoms. The summed E-state index contributed by atoms with van der Waals surface area (Å²) in [6.07, 6.45) is 0. The highest BCUT2D eigenvalue weighted by molar-refractivity contribution is 6.36. The molecule has 1 nitrogen and oxygen atoms in total. The molecule has 0 spiro atoms. The number of halogens is 2. The van der Waals surface area contributed by atoms with E-state index in [4.69, 9.17) is 23.6 Å². The molecule has 0 heterocycles. The molecule has 0 atom stereocenters. The Balaban J connectivity index is 2.59. The van der Waals surface area contributed by atoms with E-state index in [0.717, 1.165) is 9.50 Å². The van der Waals surface area contributed by atoms with Gasteiger partial charge in [-0.05, 0) is 0 Å². The van der Waals surface area contributed by atoms with Crippen molar-refractivity contribution >= 4 is 23.6 Å². The van der Waals surface area contributed by atoms with Gasteiger partial charge in [0.25, 0.3) is 0 Å². The first-order valence-electron chi connectivity index (χ1n) is 2.92. The van der Waals surface area contributed by atoms with E-state index in [1.165, 1.54) is 0 Å². The van der Waals surface area contributed by atoms with Crippen LogP contribution in [-0.4, -0.2) is 0 Å². The Bertz CT molecular complexity index is 186. The van der Waals surface area contributed by atoms with Crippen molar-refractivity contribution in [3.8, 4) is 0 Å². The van der Waals surface area contributed by atoms with E-state index in [0.29, 0.717) is 6.54 Å². The van der Waals surface area contributed by atoms with Crippen LogP contribution in [0.15, 0.2) is 30.3 Å². The predicted molar refractivity (Wildman–Crippen MR) is 44.0 cm³/mol. The number of rotatable bonds is 2. The Morgan fingerprint density at radius 1 is 1.10 bits per heavy atom. The molecule has 0 saturated heterocycles. The summed E-state index contributed by atoms with van der Waals surface area (Å²) < 4.78 is 1.11. The molecule has 0 amide bonds. The maximum Gasteiger partial charge on any atom is 0.250 e. The maximum atomic E-state index is 5.41. The fraction of sp³-hybridized carbons (Fsp3) is 0.143. The molecule has 0 bridgehead atoms.